The summed E-state index contributed by atoms with van der Waals surface area (Å²) in [5.41, 5.74) is 1.51. The van der Waals surface area contributed by atoms with Crippen molar-refractivity contribution in [3.63, 3.8) is 0 Å². The van der Waals surface area contributed by atoms with Crippen LogP contribution in [0.2, 0.25) is 0 Å². The van der Waals surface area contributed by atoms with Crippen molar-refractivity contribution in [1.82, 2.24) is 10.3 Å². The van der Waals surface area contributed by atoms with E-state index in [9.17, 15) is 4.79 Å². The summed E-state index contributed by atoms with van der Waals surface area (Å²) in [7, 11) is 1.62. The Kier molecular flexibility index (Phi) is 5.62. The van der Waals surface area contributed by atoms with Crippen LogP contribution in [0.1, 0.15) is 36.0 Å². The van der Waals surface area contributed by atoms with Crippen LogP contribution in [0.3, 0.4) is 0 Å². The van der Waals surface area contributed by atoms with Crippen molar-refractivity contribution in [1.29, 1.82) is 5.26 Å². The Morgan fingerprint density at radius 1 is 1.40 bits per heavy atom. The van der Waals surface area contributed by atoms with Crippen LogP contribution in [-0.2, 0) is 0 Å². The average molecular weight is 337 g/mol. The first-order chi connectivity index (χ1) is 12.2. The zero-order valence-electron chi connectivity index (χ0n) is 14.5. The van der Waals surface area contributed by atoms with Gasteiger partial charge in [0, 0.05) is 30.0 Å². The fraction of sp³-hybridized carbons (Fsp3) is 0.450. The van der Waals surface area contributed by atoms with Crippen LogP contribution in [0, 0.1) is 23.2 Å². The number of Topliss-reactive ketones (excluding diaryl/α,β-unsaturated/α-hetero) is 1. The fourth-order valence-corrected chi connectivity index (χ4v) is 3.66. The molecular weight excluding hydrogens is 314 g/mol. The van der Waals surface area contributed by atoms with E-state index in [1.807, 2.05) is 18.2 Å². The summed E-state index contributed by atoms with van der Waals surface area (Å²) in [6.07, 6.45) is 4.61. The number of carbonyl (C=O) groups excluding carboxylic acids is 1. The van der Waals surface area contributed by atoms with Gasteiger partial charge in [0.1, 0.15) is 5.75 Å². The first kappa shape index (κ1) is 17.4. The van der Waals surface area contributed by atoms with Gasteiger partial charge in [-0.25, -0.2) is 0 Å². The number of nitriles is 1. The molecule has 1 aromatic heterocycles. The topological polar surface area (TPSA) is 75.0 Å². The van der Waals surface area contributed by atoms with Gasteiger partial charge in [-0.3, -0.25) is 9.78 Å². The van der Waals surface area contributed by atoms with E-state index in [0.717, 1.165) is 42.6 Å². The lowest BCUT2D eigenvalue weighted by Crippen LogP contribution is -2.36. The molecule has 5 nitrogen and oxygen atoms in total. The predicted octanol–water partition coefficient (Wildman–Crippen LogP) is 3.35. The van der Waals surface area contributed by atoms with Crippen molar-refractivity contribution in [2.45, 2.75) is 25.7 Å². The molecule has 1 N–H and O–H groups in total. The van der Waals surface area contributed by atoms with Crippen LogP contribution in [0.5, 0.6) is 5.75 Å². The van der Waals surface area contributed by atoms with E-state index in [4.69, 9.17) is 10.00 Å². The van der Waals surface area contributed by atoms with Crippen LogP contribution in [0.15, 0.2) is 30.5 Å². The highest BCUT2D eigenvalue weighted by Crippen LogP contribution is 2.28. The minimum Gasteiger partial charge on any atom is -0.497 e. The number of ether oxygens (including phenoxy) is 1. The number of benzene rings is 1. The molecular formula is C20H23N3O2. The van der Waals surface area contributed by atoms with E-state index >= 15 is 0 Å². The number of methoxy groups -OCH3 is 1. The highest BCUT2D eigenvalue weighted by molar-refractivity contribution is 6.07. The Hall–Kier alpha value is -2.45. The summed E-state index contributed by atoms with van der Waals surface area (Å²) in [4.78, 5) is 17.2. The smallest absolute Gasteiger partial charge is 0.163 e. The molecule has 25 heavy (non-hydrogen) atoms. The van der Waals surface area contributed by atoms with Crippen molar-refractivity contribution in [3.8, 4) is 11.8 Å². The Morgan fingerprint density at radius 2 is 2.28 bits per heavy atom. The van der Waals surface area contributed by atoms with Crippen LogP contribution in [0.4, 0.5) is 0 Å². The molecule has 1 saturated heterocycles. The van der Waals surface area contributed by atoms with Gasteiger partial charge in [0.2, 0.25) is 0 Å². The lowest BCUT2D eigenvalue weighted by molar-refractivity contribution is 0.0964. The lowest BCUT2D eigenvalue weighted by Gasteiger charge is -2.30. The summed E-state index contributed by atoms with van der Waals surface area (Å²) >= 11 is 0. The number of aromatic nitrogens is 1. The first-order valence-electron chi connectivity index (χ1n) is 8.76. The minimum atomic E-state index is 0.134. The molecule has 3 rings (SSSR count). The van der Waals surface area contributed by atoms with Gasteiger partial charge >= 0.3 is 0 Å². The van der Waals surface area contributed by atoms with Gasteiger partial charge in [0.05, 0.1) is 18.7 Å². The molecule has 0 amide bonds. The number of rotatable bonds is 6. The molecule has 0 spiro atoms. The molecule has 130 valence electrons. The van der Waals surface area contributed by atoms with Crippen LogP contribution >= 0.6 is 0 Å². The number of ketones is 1. The van der Waals surface area contributed by atoms with Crippen molar-refractivity contribution >= 4 is 16.7 Å². The molecule has 0 unspecified atom stereocenters. The molecule has 0 bridgehead atoms. The highest BCUT2D eigenvalue weighted by Gasteiger charge is 2.25. The third-order valence-electron chi connectivity index (χ3n) is 5.11. The summed E-state index contributed by atoms with van der Waals surface area (Å²) < 4.78 is 5.28. The largest absolute Gasteiger partial charge is 0.497 e. The quantitative estimate of drug-likeness (QED) is 0.818. The Morgan fingerprint density at radius 3 is 3.08 bits per heavy atom. The summed E-state index contributed by atoms with van der Waals surface area (Å²) in [5.74, 6) is 1.64. The SMILES string of the molecule is COc1ccc2nccc(C(=O)CC[C@@H]3CCNC[C@@H]3CC#N)c2c1. The van der Waals surface area contributed by atoms with E-state index < -0.39 is 0 Å². The molecule has 1 fully saturated rings. The van der Waals surface area contributed by atoms with E-state index in [1.165, 1.54) is 0 Å². The van der Waals surface area contributed by atoms with Gasteiger partial charge in [-0.1, -0.05) is 0 Å². The second-order valence-corrected chi connectivity index (χ2v) is 6.58. The number of pyridine rings is 1. The van der Waals surface area contributed by atoms with Gasteiger partial charge in [0.15, 0.2) is 5.78 Å². The molecule has 0 radical (unpaired) electrons. The molecule has 2 atom stereocenters. The van der Waals surface area contributed by atoms with Gasteiger partial charge in [-0.2, -0.15) is 5.26 Å². The third kappa shape index (κ3) is 3.97. The van der Waals surface area contributed by atoms with Gasteiger partial charge < -0.3 is 10.1 Å². The summed E-state index contributed by atoms with van der Waals surface area (Å²) in [6, 6.07) is 9.67. The second kappa shape index (κ2) is 8.09. The maximum atomic E-state index is 12.8. The van der Waals surface area contributed by atoms with Crippen LogP contribution in [-0.4, -0.2) is 31.0 Å². The van der Waals surface area contributed by atoms with E-state index in [2.05, 4.69) is 16.4 Å². The molecule has 1 aliphatic heterocycles. The highest BCUT2D eigenvalue weighted by atomic mass is 16.5. The zero-order chi connectivity index (χ0) is 17.6. The fourth-order valence-electron chi connectivity index (χ4n) is 3.66. The van der Waals surface area contributed by atoms with Gasteiger partial charge in [0.25, 0.3) is 0 Å². The van der Waals surface area contributed by atoms with Crippen molar-refractivity contribution in [2.24, 2.45) is 11.8 Å². The van der Waals surface area contributed by atoms with Crippen molar-refractivity contribution in [3.05, 3.63) is 36.0 Å². The van der Waals surface area contributed by atoms with Gasteiger partial charge in [-0.15, -0.1) is 0 Å². The van der Waals surface area contributed by atoms with Crippen LogP contribution in [0.25, 0.3) is 10.9 Å². The number of hydrogen-bond donors (Lipinski definition) is 1. The first-order valence-corrected chi connectivity index (χ1v) is 8.76. The lowest BCUT2D eigenvalue weighted by atomic mass is 9.81. The molecule has 1 aliphatic rings. The molecule has 2 heterocycles. The summed E-state index contributed by atoms with van der Waals surface area (Å²) in [5, 5.41) is 13.2. The summed E-state index contributed by atoms with van der Waals surface area (Å²) in [6.45, 7) is 1.85. The van der Waals surface area contributed by atoms with Crippen LogP contribution < -0.4 is 10.1 Å². The normalized spacial score (nSPS) is 20.2. The third-order valence-corrected chi connectivity index (χ3v) is 5.11. The predicted molar refractivity (Wildman–Crippen MR) is 96.6 cm³/mol. The average Bonchev–Trinajstić information content (AvgIpc) is 2.66. The monoisotopic (exact) mass is 337 g/mol. The van der Waals surface area contributed by atoms with Gasteiger partial charge in [-0.05, 0) is 62.0 Å². The molecule has 2 aromatic rings. The number of carbonyl (C=O) groups is 1. The van der Waals surface area contributed by atoms with E-state index in [1.54, 1.807) is 19.4 Å². The number of fused-ring (bicyclic) bond motifs is 1. The Balaban J connectivity index is 1.75. The van der Waals surface area contributed by atoms with E-state index in [0.29, 0.717) is 30.2 Å². The minimum absolute atomic E-state index is 0.134. The number of piperidine rings is 1. The molecule has 5 heteroatoms. The van der Waals surface area contributed by atoms with E-state index in [-0.39, 0.29) is 5.78 Å². The standard InChI is InChI=1S/C20H23N3O2/c1-25-16-3-4-19-18(12-16)17(8-11-23-19)20(24)5-2-14-7-10-22-13-15(14)6-9-21/h3-4,8,11-12,14-15,22H,2,5-7,10,13H2,1H3/t14-,15+/m1/s1. The Bertz CT molecular complexity index is 797. The molecule has 1 aromatic carbocycles. The van der Waals surface area contributed by atoms with Crippen molar-refractivity contribution < 1.29 is 9.53 Å². The maximum Gasteiger partial charge on any atom is 0.163 e. The zero-order valence-corrected chi connectivity index (χ0v) is 14.5. The second-order valence-electron chi connectivity index (χ2n) is 6.58. The van der Waals surface area contributed by atoms with Crippen molar-refractivity contribution in [2.75, 3.05) is 20.2 Å². The molecule has 0 aliphatic carbocycles. The Labute approximate surface area is 148 Å². The maximum absolute atomic E-state index is 12.8. The number of nitrogens with one attached hydrogen (secondary N) is 1. The molecule has 0 saturated carbocycles. The number of hydrogen-bond acceptors (Lipinski definition) is 5. The number of nitrogens with zero attached hydrogens (tertiary/aromatic N) is 2.